The molecule has 7 aromatic rings. The highest BCUT2D eigenvalue weighted by atomic mass is 19.4. The predicted molar refractivity (Wildman–Crippen MR) is 350 cm³/mol. The van der Waals surface area contributed by atoms with Crippen LogP contribution in [-0.4, -0.2) is 203 Å². The maximum atomic E-state index is 13.4. The number of alkyl halides is 9. The van der Waals surface area contributed by atoms with E-state index in [2.05, 4.69) is 76.0 Å². The van der Waals surface area contributed by atoms with E-state index in [1.807, 2.05) is 17.9 Å². The molecule has 6 aliphatic rings. The lowest BCUT2D eigenvalue weighted by atomic mass is 10.0. The van der Waals surface area contributed by atoms with E-state index in [1.165, 1.54) is 57.4 Å². The topological polar surface area (TPSA) is 391 Å². The van der Waals surface area contributed by atoms with Crippen LogP contribution < -0.4 is 61.6 Å². The standard InChI is InChI=1S/C22H23F3N8O2.C22H25F3N6O5.C19H20F3N7O2/c1-11-2-3-13-18(27-11)30-31-19(13)29-21(35)33-12-8-9-32(10-12)15-5-4-14(28-20(15)33)16(34)6-7-17(26)22(23,24)25;1-12(22(23,24)25)8-17(34)15-2-3-16-20(26-15)31(13-6-7-30(16)9-13)21(35)27-18-4-5-19(29-28-18)36-11-14(33)10-32;20-19(21,22)15(23)5-4-14(30)12-2-3-13-16(26-12)29(11-6-9-28(13)10-11)18(31)27-17-24-7-1-8-25-17/h2-5,12,17H,6-10,26H2,1H3,(H2,27,29,30,31,35);2-5,12-14,32-33H,6-11H2,1H3,(H,27,28,35);1-3,7-8,11,15H,4-6,9-10,23H2,(H,24,25,27,31)/t12-,17+;12-,13-,14-;11-,15+/m000/s1. The minimum Gasteiger partial charge on any atom is -0.474 e. The van der Waals surface area contributed by atoms with Crippen molar-refractivity contribution in [2.24, 2.45) is 17.4 Å². The van der Waals surface area contributed by atoms with Crippen LogP contribution in [0.15, 0.2) is 79.1 Å². The predicted octanol–water partition coefficient (Wildman–Crippen LogP) is 7.51. The lowest BCUT2D eigenvalue weighted by Gasteiger charge is -2.35. The van der Waals surface area contributed by atoms with Gasteiger partial charge in [0.1, 0.15) is 41.9 Å². The van der Waals surface area contributed by atoms with Crippen LogP contribution in [0.4, 0.5) is 106 Å². The lowest BCUT2D eigenvalue weighted by Crippen LogP contribution is -2.48. The van der Waals surface area contributed by atoms with E-state index in [4.69, 9.17) is 21.3 Å². The number of nitrogens with one attached hydrogen (secondary N) is 4. The van der Waals surface area contributed by atoms with Gasteiger partial charge in [0.2, 0.25) is 11.8 Å². The highest BCUT2D eigenvalue weighted by Crippen LogP contribution is 2.43. The summed E-state index contributed by atoms with van der Waals surface area (Å²) in [5.41, 5.74) is 13.4. The van der Waals surface area contributed by atoms with E-state index in [0.29, 0.717) is 85.9 Å². The van der Waals surface area contributed by atoms with E-state index in [9.17, 15) is 73.4 Å². The van der Waals surface area contributed by atoms with Crippen molar-refractivity contribution in [3.8, 4) is 5.88 Å². The Morgan fingerprint density at radius 1 is 0.608 bits per heavy atom. The summed E-state index contributed by atoms with van der Waals surface area (Å²) < 4.78 is 120. The van der Waals surface area contributed by atoms with Gasteiger partial charge in [-0.25, -0.2) is 44.3 Å². The third-order valence-electron chi connectivity index (χ3n) is 17.7. The van der Waals surface area contributed by atoms with E-state index >= 15 is 0 Å². The number of aryl methyl sites for hydroxylation is 1. The number of aromatic amines is 1. The zero-order valence-corrected chi connectivity index (χ0v) is 54.4. The number of aliphatic hydroxyl groups is 2. The summed E-state index contributed by atoms with van der Waals surface area (Å²) in [7, 11) is 0. The van der Waals surface area contributed by atoms with Crippen molar-refractivity contribution in [3.63, 3.8) is 0 Å². The molecular formula is C63H68F9N21O9. The number of nitrogens with two attached hydrogens (primary N) is 2. The van der Waals surface area contributed by atoms with E-state index in [0.717, 1.165) is 19.2 Å². The number of halogens is 9. The summed E-state index contributed by atoms with van der Waals surface area (Å²) >= 11 is 0. The number of fused-ring (bicyclic) bond motifs is 13. The molecule has 542 valence electrons. The number of carbonyl (C=O) groups is 6. The van der Waals surface area contributed by atoms with Crippen molar-refractivity contribution in [1.82, 2.24) is 50.3 Å². The maximum absolute atomic E-state index is 13.4. The minimum atomic E-state index is -4.57. The van der Waals surface area contributed by atoms with Gasteiger partial charge in [-0.05, 0) is 99.7 Å². The number of H-pyrrole nitrogens is 1. The SMILES string of the molecule is C[C@@H](CC(=O)c1ccc2c(n1)N(C(=O)Nc1ccc(OC[C@@H](O)CO)nn1)[C@H]1CCN2C1)C(F)(F)F.Cc1ccc2c(NC(=O)N3c4nc(C(=O)CC[C@@H](N)C(F)(F)F)ccc4N4CC[C@H]3C4)n[nH]c2n1.N[C@H](CCC(=O)c1ccc2c(n1)N(C(=O)Nc1ncccn1)[C@H]1CCN2C1)C(F)(F)F. The van der Waals surface area contributed by atoms with Crippen molar-refractivity contribution < 1.29 is 83.2 Å². The molecule has 0 unspecified atom stereocenters. The van der Waals surface area contributed by atoms with Gasteiger partial charge in [0, 0.05) is 82.7 Å². The number of amides is 6. The molecule has 6 bridgehead atoms. The molecule has 30 nitrogen and oxygen atoms in total. The maximum Gasteiger partial charge on any atom is 0.403 e. The second kappa shape index (κ2) is 30.0. The number of hydrogen-bond acceptors (Lipinski definition) is 23. The molecule has 39 heteroatoms. The first-order valence-electron chi connectivity index (χ1n) is 32.2. The van der Waals surface area contributed by atoms with E-state index in [-0.39, 0.29) is 76.9 Å². The summed E-state index contributed by atoms with van der Waals surface area (Å²) in [6, 6.07) is 11.1. The van der Waals surface area contributed by atoms with Crippen LogP contribution in [0.3, 0.4) is 0 Å². The molecule has 10 N–H and O–H groups in total. The van der Waals surface area contributed by atoms with Crippen molar-refractivity contribution >= 4 is 98.6 Å². The average molecular weight is 1430 g/mol. The number of rotatable bonds is 18. The van der Waals surface area contributed by atoms with Crippen LogP contribution in [0.5, 0.6) is 5.88 Å². The number of carbonyl (C=O) groups excluding carboxylic acids is 6. The Morgan fingerprint density at radius 3 is 1.53 bits per heavy atom. The third kappa shape index (κ3) is 16.4. The number of aliphatic hydroxyl groups excluding tert-OH is 2. The lowest BCUT2D eigenvalue weighted by molar-refractivity contribution is -0.168. The van der Waals surface area contributed by atoms with Gasteiger partial charge in [0.15, 0.2) is 52.1 Å². The van der Waals surface area contributed by atoms with Gasteiger partial charge in [-0.3, -0.25) is 50.1 Å². The van der Waals surface area contributed by atoms with Gasteiger partial charge in [-0.15, -0.1) is 10.2 Å². The van der Waals surface area contributed by atoms with E-state index in [1.54, 1.807) is 30.3 Å². The Kier molecular flexibility index (Phi) is 21.4. The third-order valence-corrected chi connectivity index (χ3v) is 17.7. The number of anilines is 9. The summed E-state index contributed by atoms with van der Waals surface area (Å²) in [4.78, 5) is 113. The summed E-state index contributed by atoms with van der Waals surface area (Å²) in [5.74, 6) is -2.33. The molecule has 102 heavy (non-hydrogen) atoms. The molecule has 6 aliphatic heterocycles. The molecule has 13 rings (SSSR count). The van der Waals surface area contributed by atoms with Crippen molar-refractivity contribution in [2.75, 3.05) is 97.8 Å². The Labute approximate surface area is 573 Å². The molecule has 7 atom stereocenters. The largest absolute Gasteiger partial charge is 0.474 e. The Balaban J connectivity index is 0.000000154. The second-order valence-corrected chi connectivity index (χ2v) is 24.9. The molecule has 3 saturated heterocycles. The molecule has 3 fully saturated rings. The quantitative estimate of drug-likeness (QED) is 0.0304. The molecule has 7 aromatic heterocycles. The fourth-order valence-corrected chi connectivity index (χ4v) is 12.2. The van der Waals surface area contributed by atoms with Crippen molar-refractivity contribution in [1.29, 1.82) is 0 Å². The fourth-order valence-electron chi connectivity index (χ4n) is 12.2. The molecule has 0 spiro atoms. The van der Waals surface area contributed by atoms with Gasteiger partial charge in [0.05, 0.1) is 53.1 Å². The number of Topliss-reactive ketones (excluding diaryl/α,β-unsaturated/α-hetero) is 3. The second-order valence-electron chi connectivity index (χ2n) is 24.9. The highest BCUT2D eigenvalue weighted by Gasteiger charge is 2.46. The number of aromatic nitrogens is 10. The number of pyridine rings is 4. The molecule has 0 aromatic carbocycles. The number of urea groups is 3. The Morgan fingerprint density at radius 2 is 1.08 bits per heavy atom. The van der Waals surface area contributed by atoms with Gasteiger partial charge < -0.3 is 41.1 Å². The van der Waals surface area contributed by atoms with Crippen molar-refractivity contribution in [2.45, 2.75) is 120 Å². The number of ketones is 3. The van der Waals surface area contributed by atoms with Crippen LogP contribution in [0.1, 0.15) is 95.4 Å². The first-order valence-corrected chi connectivity index (χ1v) is 32.2. The molecule has 0 saturated carbocycles. The van der Waals surface area contributed by atoms with Gasteiger partial charge in [0.25, 0.3) is 0 Å². The number of hydrogen-bond donors (Lipinski definition) is 8. The van der Waals surface area contributed by atoms with Gasteiger partial charge in [-0.1, -0.05) is 6.92 Å². The number of nitrogens with zero attached hydrogens (tertiary/aromatic N) is 15. The Hall–Kier alpha value is -10.5. The molecule has 13 heterocycles. The highest BCUT2D eigenvalue weighted by molar-refractivity contribution is 6.09. The molecule has 6 amide bonds. The molecule has 0 aliphatic carbocycles. The number of ether oxygens (including phenoxy) is 1. The zero-order chi connectivity index (χ0) is 73.1. The van der Waals surface area contributed by atoms with Crippen molar-refractivity contribution in [3.05, 3.63) is 102 Å². The first-order chi connectivity index (χ1) is 48.4. The fraction of sp³-hybridized carbons (Fsp3) is 0.444. The smallest absolute Gasteiger partial charge is 0.403 e. The van der Waals surface area contributed by atoms with Crippen LogP contribution in [0.2, 0.25) is 0 Å². The zero-order valence-electron chi connectivity index (χ0n) is 54.4. The van der Waals surface area contributed by atoms with E-state index < -0.39 is 117 Å². The monoisotopic (exact) mass is 1430 g/mol. The van der Waals surface area contributed by atoms with Crippen LogP contribution >= 0.6 is 0 Å². The van der Waals surface area contributed by atoms with Crippen LogP contribution in [0.25, 0.3) is 11.0 Å². The Bertz CT molecular complexity index is 4250. The average Bonchev–Trinajstić information content (AvgIpc) is 1.55. The summed E-state index contributed by atoms with van der Waals surface area (Å²) in [6.07, 6.45) is -12.3. The van der Waals surface area contributed by atoms with Gasteiger partial charge in [-0.2, -0.15) is 44.6 Å². The summed E-state index contributed by atoms with van der Waals surface area (Å²) in [6.45, 7) is 5.99. The van der Waals surface area contributed by atoms with Gasteiger partial charge >= 0.3 is 36.6 Å². The first kappa shape index (κ1) is 72.7. The summed E-state index contributed by atoms with van der Waals surface area (Å²) in [5, 5.41) is 41.5. The van der Waals surface area contributed by atoms with Crippen LogP contribution in [-0.2, 0) is 0 Å². The normalized spacial score (nSPS) is 18.3. The minimum absolute atomic E-state index is 0.00983. The molecular weight excluding hydrogens is 1370 g/mol. The van der Waals surface area contributed by atoms with Crippen LogP contribution in [0, 0.1) is 12.8 Å². The molecule has 0 radical (unpaired) electrons.